The van der Waals surface area contributed by atoms with Crippen LogP contribution in [0.4, 0.5) is 79.0 Å². The number of aromatic nitrogens is 5. The summed E-state index contributed by atoms with van der Waals surface area (Å²) in [6, 6.07) is 31.1. The third-order valence-electron chi connectivity index (χ3n) is 15.9. The first-order valence-electron chi connectivity index (χ1n) is 26.0. The van der Waals surface area contributed by atoms with Gasteiger partial charge in [-0.05, 0) is 138 Å². The fraction of sp³-hybridized carbons (Fsp3) is 0.0938. The van der Waals surface area contributed by atoms with E-state index < -0.39 is 142 Å². The summed E-state index contributed by atoms with van der Waals surface area (Å²) in [6.07, 6.45) is -30.8. The zero-order valence-electron chi connectivity index (χ0n) is 43.7. The SMILES string of the molecule is N#Cc1c(-n2c3ccc(C(F)(F)F)cc3c3cc(C(F)(F)F)ccc32)c(-n2c3ccc(C(F)(F)F)cc3c3cc(C(F)(F)F)ccc32)nc(-n2c3ccccc3c3cc4ccccc4cc32)c1-n1c2ccc(C(F)(F)F)cc2c2cc(C(F)(F)F)ccc21. The number of fused-ring (bicyclic) bond motifs is 13. The van der Waals surface area contributed by atoms with Crippen molar-refractivity contribution in [2.45, 2.75) is 37.1 Å². The number of nitrogens with zero attached hydrogens (tertiary/aromatic N) is 6. The van der Waals surface area contributed by atoms with Crippen LogP contribution in [0.15, 0.2) is 170 Å². The molecular weight excluding hydrogens is 1190 g/mol. The van der Waals surface area contributed by atoms with Gasteiger partial charge in [-0.2, -0.15) is 84.3 Å². The highest BCUT2D eigenvalue weighted by molar-refractivity contribution is 6.16. The summed E-state index contributed by atoms with van der Waals surface area (Å²) in [5.41, 5.74) is -11.7. The second-order valence-corrected chi connectivity index (χ2v) is 20.9. The first-order valence-corrected chi connectivity index (χ1v) is 26.0. The molecule has 0 bridgehead atoms. The summed E-state index contributed by atoms with van der Waals surface area (Å²) in [5, 5.41) is 11.4. The zero-order valence-corrected chi connectivity index (χ0v) is 43.7. The van der Waals surface area contributed by atoms with Crippen molar-refractivity contribution in [1.29, 1.82) is 5.26 Å². The van der Waals surface area contributed by atoms with Gasteiger partial charge in [0.1, 0.15) is 23.0 Å². The second kappa shape index (κ2) is 18.4. The Labute approximate surface area is 479 Å². The lowest BCUT2D eigenvalue weighted by Crippen LogP contribution is -2.16. The Bertz CT molecular complexity index is 5170. The molecule has 6 nitrogen and oxygen atoms in total. The predicted molar refractivity (Wildman–Crippen MR) is 294 cm³/mol. The minimum Gasteiger partial charge on any atom is -0.305 e. The lowest BCUT2D eigenvalue weighted by molar-refractivity contribution is -0.138. The molecule has 440 valence electrons. The van der Waals surface area contributed by atoms with Crippen LogP contribution < -0.4 is 0 Å². The summed E-state index contributed by atoms with van der Waals surface area (Å²) in [6.45, 7) is 0. The van der Waals surface area contributed by atoms with Gasteiger partial charge >= 0.3 is 37.1 Å². The van der Waals surface area contributed by atoms with Gasteiger partial charge < -0.3 is 9.13 Å². The molecule has 0 aliphatic heterocycles. The summed E-state index contributed by atoms with van der Waals surface area (Å²) in [5.74, 6) is -1.08. The fourth-order valence-corrected chi connectivity index (χ4v) is 12.1. The van der Waals surface area contributed by atoms with Gasteiger partial charge in [0.05, 0.1) is 77.5 Å². The highest BCUT2D eigenvalue weighted by Gasteiger charge is 2.40. The van der Waals surface area contributed by atoms with Gasteiger partial charge in [0.25, 0.3) is 0 Å². The first-order chi connectivity index (χ1) is 41.4. The number of benzene rings is 9. The maximum atomic E-state index is 14.8. The molecule has 0 saturated carbocycles. The molecule has 0 spiro atoms. The molecule has 0 N–H and O–H groups in total. The van der Waals surface area contributed by atoms with Gasteiger partial charge in [-0.15, -0.1) is 0 Å². The van der Waals surface area contributed by atoms with E-state index in [-0.39, 0.29) is 33.1 Å². The van der Waals surface area contributed by atoms with Gasteiger partial charge in [0, 0.05) is 43.1 Å². The molecular formula is C64H28F18N6. The van der Waals surface area contributed by atoms with Gasteiger partial charge in [-0.3, -0.25) is 9.13 Å². The first kappa shape index (κ1) is 55.7. The second-order valence-electron chi connectivity index (χ2n) is 20.9. The van der Waals surface area contributed by atoms with Crippen molar-refractivity contribution in [2.75, 3.05) is 0 Å². The summed E-state index contributed by atoms with van der Waals surface area (Å²) < 4.78 is 271. The Hall–Kier alpha value is -10.2. The molecule has 0 saturated heterocycles. The van der Waals surface area contributed by atoms with Crippen molar-refractivity contribution >= 4 is 98.0 Å². The van der Waals surface area contributed by atoms with Gasteiger partial charge in [0.15, 0.2) is 11.6 Å². The van der Waals surface area contributed by atoms with Crippen molar-refractivity contribution in [1.82, 2.24) is 23.3 Å². The van der Waals surface area contributed by atoms with Crippen molar-refractivity contribution in [3.8, 4) is 29.1 Å². The third-order valence-corrected chi connectivity index (χ3v) is 15.9. The molecule has 0 aliphatic rings. The quantitative estimate of drug-likeness (QED) is 0.165. The van der Waals surface area contributed by atoms with E-state index in [0.29, 0.717) is 94.3 Å². The van der Waals surface area contributed by atoms with E-state index in [0.717, 1.165) is 50.1 Å². The minimum absolute atomic E-state index is 0.242. The maximum absolute atomic E-state index is 14.8. The Kier molecular flexibility index (Phi) is 11.7. The Morgan fingerprint density at radius 2 is 0.534 bits per heavy atom. The van der Waals surface area contributed by atoms with Crippen molar-refractivity contribution in [3.63, 3.8) is 0 Å². The molecule has 0 fully saturated rings. The fourth-order valence-electron chi connectivity index (χ4n) is 12.1. The molecule has 0 unspecified atom stereocenters. The lowest BCUT2D eigenvalue weighted by atomic mass is 10.1. The van der Waals surface area contributed by atoms with E-state index in [9.17, 15) is 84.3 Å². The monoisotopic (exact) mass is 1220 g/mol. The van der Waals surface area contributed by atoms with E-state index in [4.69, 9.17) is 4.98 Å². The van der Waals surface area contributed by atoms with Gasteiger partial charge in [-0.1, -0.05) is 42.5 Å². The molecule has 5 heterocycles. The average Bonchev–Trinajstić information content (AvgIpc) is 1.59. The molecule has 88 heavy (non-hydrogen) atoms. The van der Waals surface area contributed by atoms with Crippen LogP contribution in [0.3, 0.4) is 0 Å². The largest absolute Gasteiger partial charge is 0.416 e. The summed E-state index contributed by atoms with van der Waals surface area (Å²) >= 11 is 0. The molecule has 5 aromatic heterocycles. The lowest BCUT2D eigenvalue weighted by Gasteiger charge is -2.24. The van der Waals surface area contributed by atoms with Crippen LogP contribution in [0.1, 0.15) is 38.9 Å². The minimum atomic E-state index is -5.15. The summed E-state index contributed by atoms with van der Waals surface area (Å²) in [4.78, 5) is 5.32. The molecule has 0 amide bonds. The number of alkyl halides is 18. The number of pyridine rings is 1. The predicted octanol–water partition coefficient (Wildman–Crippen LogP) is 20.6. The molecule has 9 aromatic carbocycles. The van der Waals surface area contributed by atoms with Crippen molar-refractivity contribution < 1.29 is 79.0 Å². The Morgan fingerprint density at radius 3 is 0.852 bits per heavy atom. The van der Waals surface area contributed by atoms with Crippen LogP contribution in [0.2, 0.25) is 0 Å². The van der Waals surface area contributed by atoms with Crippen LogP contribution in [0.5, 0.6) is 0 Å². The number of rotatable bonds is 4. The van der Waals surface area contributed by atoms with Gasteiger partial charge in [0.2, 0.25) is 0 Å². The summed E-state index contributed by atoms with van der Waals surface area (Å²) in [7, 11) is 0. The molecule has 14 rings (SSSR count). The Morgan fingerprint density at radius 1 is 0.273 bits per heavy atom. The number of hydrogen-bond acceptors (Lipinski definition) is 2. The smallest absolute Gasteiger partial charge is 0.305 e. The van der Waals surface area contributed by atoms with Crippen molar-refractivity contribution in [2.24, 2.45) is 0 Å². The maximum Gasteiger partial charge on any atom is 0.416 e. The molecule has 0 atom stereocenters. The van der Waals surface area contributed by atoms with E-state index in [1.165, 1.54) is 4.57 Å². The van der Waals surface area contributed by atoms with Crippen LogP contribution in [-0.2, 0) is 37.1 Å². The number of nitriles is 1. The van der Waals surface area contributed by atoms with Crippen LogP contribution in [0.25, 0.3) is 121 Å². The molecule has 0 aliphatic carbocycles. The van der Waals surface area contributed by atoms with Crippen molar-refractivity contribution in [3.05, 3.63) is 209 Å². The highest BCUT2D eigenvalue weighted by Crippen LogP contribution is 2.50. The number of para-hydroxylation sites is 1. The van der Waals surface area contributed by atoms with Gasteiger partial charge in [-0.25, -0.2) is 4.98 Å². The van der Waals surface area contributed by atoms with Crippen LogP contribution >= 0.6 is 0 Å². The molecule has 24 heteroatoms. The normalized spacial score (nSPS) is 13.3. The van der Waals surface area contributed by atoms with Crippen LogP contribution in [0, 0.1) is 11.3 Å². The van der Waals surface area contributed by atoms with E-state index >= 15 is 0 Å². The standard InChI is InChI=1S/C64H28F18N6/c65-59(66,67)32-9-15-48-40(23-32)41-24-33(60(68,69)70)10-16-49(41)85(48)55-46(29-83)56(86-50-17-11-34(61(71,72)73)25-42(50)43-26-35(62(74,75)76)12-18-51(43)86)58(88-47-8-4-3-7-38(47)39-21-30-5-1-2-6-31(30)22-54(39)88)84-57(55)87-52-19-13-36(63(77,78)79)27-44(52)45-28-37(64(80,81)82)14-20-53(45)87/h1-28H. The topological polar surface area (TPSA) is 56.4 Å². The Balaban J connectivity index is 1.29. The van der Waals surface area contributed by atoms with Crippen LogP contribution in [-0.4, -0.2) is 23.3 Å². The van der Waals surface area contributed by atoms with E-state index in [1.807, 2.05) is 0 Å². The van der Waals surface area contributed by atoms with E-state index in [2.05, 4.69) is 6.07 Å². The average molecular weight is 1220 g/mol. The number of hydrogen-bond donors (Lipinski definition) is 0. The number of halogens is 18. The van der Waals surface area contributed by atoms with E-state index in [1.54, 1.807) is 60.7 Å². The highest BCUT2D eigenvalue weighted by atomic mass is 19.4. The third kappa shape index (κ3) is 8.47. The molecule has 0 radical (unpaired) electrons. The zero-order chi connectivity index (χ0) is 62.3. The molecule has 14 aromatic rings.